The zero-order chi connectivity index (χ0) is 16.7. The Balaban J connectivity index is 2.54. The topological polar surface area (TPSA) is 46.6 Å². The van der Waals surface area contributed by atoms with Crippen LogP contribution < -0.4 is 0 Å². The molecular formula is C18H25NO3. The quantitative estimate of drug-likeness (QED) is 0.786. The van der Waals surface area contributed by atoms with Gasteiger partial charge in [-0.1, -0.05) is 52.8 Å². The summed E-state index contributed by atoms with van der Waals surface area (Å²) in [6, 6.07) is 9.05. The van der Waals surface area contributed by atoms with Crippen LogP contribution in [0.2, 0.25) is 0 Å². The molecule has 1 saturated heterocycles. The third-order valence-electron chi connectivity index (χ3n) is 4.47. The first-order chi connectivity index (χ1) is 10.1. The molecule has 4 heteroatoms. The van der Waals surface area contributed by atoms with Gasteiger partial charge in [-0.15, -0.1) is 0 Å². The monoisotopic (exact) mass is 303 g/mol. The van der Waals surface area contributed by atoms with E-state index < -0.39 is 11.8 Å². The predicted octanol–water partition coefficient (Wildman–Crippen LogP) is 3.47. The molecule has 1 fully saturated rings. The third kappa shape index (κ3) is 2.51. The lowest BCUT2D eigenvalue weighted by Gasteiger charge is -2.40. The molecule has 1 amide bonds. The van der Waals surface area contributed by atoms with Crippen LogP contribution in [-0.2, 0) is 9.53 Å². The Morgan fingerprint density at radius 1 is 1.23 bits per heavy atom. The Bertz CT molecular complexity index is 574. The number of nitrogens with zero attached hydrogens (tertiary/aromatic N) is 1. The van der Waals surface area contributed by atoms with Crippen molar-refractivity contribution in [2.75, 3.05) is 0 Å². The molecule has 2 atom stereocenters. The SMILES string of the molecule is CC(C)[C@@]1(C)C(=O)O[C@@H](C(C)(C)C)N1C(=O)c1ccccc1. The second kappa shape index (κ2) is 5.41. The van der Waals surface area contributed by atoms with Crippen molar-refractivity contribution in [1.82, 2.24) is 4.90 Å². The summed E-state index contributed by atoms with van der Waals surface area (Å²) < 4.78 is 5.62. The average Bonchev–Trinajstić information content (AvgIpc) is 2.73. The maximum absolute atomic E-state index is 13.1. The number of hydrogen-bond donors (Lipinski definition) is 0. The Labute approximate surface area is 132 Å². The number of amides is 1. The zero-order valence-electron chi connectivity index (χ0n) is 14.2. The summed E-state index contributed by atoms with van der Waals surface area (Å²) in [5.74, 6) is -0.533. The van der Waals surface area contributed by atoms with Gasteiger partial charge >= 0.3 is 5.97 Å². The molecule has 4 nitrogen and oxygen atoms in total. The molecule has 0 aromatic heterocycles. The molecule has 0 N–H and O–H groups in total. The minimum atomic E-state index is -0.954. The number of cyclic esters (lactones) is 1. The molecule has 1 aliphatic rings. The molecular weight excluding hydrogens is 278 g/mol. The van der Waals surface area contributed by atoms with Crippen molar-refractivity contribution in [3.05, 3.63) is 35.9 Å². The van der Waals surface area contributed by atoms with Crippen LogP contribution in [0.4, 0.5) is 0 Å². The third-order valence-corrected chi connectivity index (χ3v) is 4.47. The summed E-state index contributed by atoms with van der Waals surface area (Å²) in [6.45, 7) is 11.6. The number of esters is 1. The number of benzene rings is 1. The largest absolute Gasteiger partial charge is 0.439 e. The second-order valence-electron chi connectivity index (χ2n) is 7.47. The van der Waals surface area contributed by atoms with E-state index in [9.17, 15) is 9.59 Å². The van der Waals surface area contributed by atoms with Gasteiger partial charge in [-0.25, -0.2) is 4.79 Å². The normalized spacial score (nSPS) is 25.5. The lowest BCUT2D eigenvalue weighted by molar-refractivity contribution is -0.149. The van der Waals surface area contributed by atoms with Gasteiger partial charge in [-0.05, 0) is 25.0 Å². The van der Waals surface area contributed by atoms with E-state index >= 15 is 0 Å². The maximum atomic E-state index is 13.1. The van der Waals surface area contributed by atoms with E-state index in [-0.39, 0.29) is 23.2 Å². The molecule has 22 heavy (non-hydrogen) atoms. The highest BCUT2D eigenvalue weighted by atomic mass is 16.6. The molecule has 1 heterocycles. The lowest BCUT2D eigenvalue weighted by Crippen LogP contribution is -2.57. The Hall–Kier alpha value is -1.84. The van der Waals surface area contributed by atoms with Gasteiger partial charge in [0.15, 0.2) is 6.23 Å². The minimum Gasteiger partial charge on any atom is -0.439 e. The van der Waals surface area contributed by atoms with E-state index in [0.29, 0.717) is 5.56 Å². The molecule has 1 aromatic rings. The first-order valence-electron chi connectivity index (χ1n) is 7.70. The molecule has 120 valence electrons. The van der Waals surface area contributed by atoms with Crippen LogP contribution in [0.1, 0.15) is 51.9 Å². The van der Waals surface area contributed by atoms with Gasteiger partial charge in [0.2, 0.25) is 0 Å². The molecule has 2 rings (SSSR count). The minimum absolute atomic E-state index is 0.0417. The van der Waals surface area contributed by atoms with Gasteiger partial charge < -0.3 is 4.74 Å². The van der Waals surface area contributed by atoms with E-state index in [0.717, 1.165) is 0 Å². The van der Waals surface area contributed by atoms with Gasteiger partial charge in [0, 0.05) is 11.0 Å². The first kappa shape index (κ1) is 16.5. The average molecular weight is 303 g/mol. The van der Waals surface area contributed by atoms with Gasteiger partial charge in [0.1, 0.15) is 5.54 Å². The highest BCUT2D eigenvalue weighted by molar-refractivity contribution is 5.99. The fourth-order valence-corrected chi connectivity index (χ4v) is 2.73. The highest BCUT2D eigenvalue weighted by Crippen LogP contribution is 2.42. The van der Waals surface area contributed by atoms with Crippen molar-refractivity contribution in [3.63, 3.8) is 0 Å². The van der Waals surface area contributed by atoms with Gasteiger partial charge in [0.05, 0.1) is 0 Å². The van der Waals surface area contributed by atoms with Crippen molar-refractivity contribution >= 4 is 11.9 Å². The molecule has 0 unspecified atom stereocenters. The summed E-state index contributed by atoms with van der Waals surface area (Å²) in [4.78, 5) is 27.2. The first-order valence-corrected chi connectivity index (χ1v) is 7.70. The van der Waals surface area contributed by atoms with Crippen LogP contribution in [0.5, 0.6) is 0 Å². The Morgan fingerprint density at radius 3 is 2.23 bits per heavy atom. The summed E-state index contributed by atoms with van der Waals surface area (Å²) in [6.07, 6.45) is -0.569. The number of hydrogen-bond acceptors (Lipinski definition) is 3. The molecule has 0 bridgehead atoms. The van der Waals surface area contributed by atoms with Crippen molar-refractivity contribution in [2.24, 2.45) is 11.3 Å². The molecule has 0 radical (unpaired) electrons. The summed E-state index contributed by atoms with van der Waals surface area (Å²) in [5.41, 5.74) is -0.737. The fraction of sp³-hybridized carbons (Fsp3) is 0.556. The molecule has 1 aliphatic heterocycles. The van der Waals surface area contributed by atoms with Crippen molar-refractivity contribution in [1.29, 1.82) is 0 Å². The van der Waals surface area contributed by atoms with Crippen molar-refractivity contribution in [2.45, 2.75) is 53.3 Å². The second-order valence-corrected chi connectivity index (χ2v) is 7.47. The summed E-state index contributed by atoms with van der Waals surface area (Å²) in [5, 5.41) is 0. The Kier molecular flexibility index (Phi) is 4.07. The number of carbonyl (C=O) groups excluding carboxylic acids is 2. The van der Waals surface area contributed by atoms with Crippen LogP contribution in [0.3, 0.4) is 0 Å². The van der Waals surface area contributed by atoms with E-state index in [4.69, 9.17) is 4.74 Å². The molecule has 1 aromatic carbocycles. The van der Waals surface area contributed by atoms with Crippen LogP contribution in [0.15, 0.2) is 30.3 Å². The standard InChI is InChI=1S/C18H25NO3/c1-12(2)18(6)16(21)22-15(17(3,4)5)19(18)14(20)13-10-8-7-9-11-13/h7-12,15H,1-6H3/t15-,18-/m0/s1. The predicted molar refractivity (Wildman–Crippen MR) is 85.2 cm³/mol. The van der Waals surface area contributed by atoms with Crippen LogP contribution in [0, 0.1) is 11.3 Å². The molecule has 0 spiro atoms. The zero-order valence-corrected chi connectivity index (χ0v) is 14.2. The molecule has 0 saturated carbocycles. The fourth-order valence-electron chi connectivity index (χ4n) is 2.73. The molecule has 0 aliphatic carbocycles. The van der Waals surface area contributed by atoms with Crippen molar-refractivity contribution < 1.29 is 14.3 Å². The van der Waals surface area contributed by atoms with E-state index in [2.05, 4.69) is 0 Å². The van der Waals surface area contributed by atoms with E-state index in [1.165, 1.54) is 0 Å². The van der Waals surface area contributed by atoms with E-state index in [1.807, 2.05) is 52.8 Å². The maximum Gasteiger partial charge on any atom is 0.334 e. The Morgan fingerprint density at radius 2 is 1.77 bits per heavy atom. The van der Waals surface area contributed by atoms with Gasteiger partial charge in [-0.3, -0.25) is 9.69 Å². The van der Waals surface area contributed by atoms with Gasteiger partial charge in [0.25, 0.3) is 5.91 Å². The summed E-state index contributed by atoms with van der Waals surface area (Å²) in [7, 11) is 0. The lowest BCUT2D eigenvalue weighted by atomic mass is 9.84. The van der Waals surface area contributed by atoms with Crippen LogP contribution in [-0.4, -0.2) is 28.5 Å². The van der Waals surface area contributed by atoms with Gasteiger partial charge in [-0.2, -0.15) is 0 Å². The number of rotatable bonds is 2. The van der Waals surface area contributed by atoms with Crippen molar-refractivity contribution in [3.8, 4) is 0 Å². The van der Waals surface area contributed by atoms with Crippen LogP contribution >= 0.6 is 0 Å². The smallest absolute Gasteiger partial charge is 0.334 e. The number of carbonyl (C=O) groups is 2. The number of ether oxygens (including phenoxy) is 1. The highest BCUT2D eigenvalue weighted by Gasteiger charge is 2.58. The van der Waals surface area contributed by atoms with Crippen LogP contribution in [0.25, 0.3) is 0 Å². The van der Waals surface area contributed by atoms with E-state index in [1.54, 1.807) is 24.0 Å². The summed E-state index contributed by atoms with van der Waals surface area (Å²) >= 11 is 0.